The van der Waals surface area contributed by atoms with Crippen LogP contribution in [0.1, 0.15) is 22.2 Å². The van der Waals surface area contributed by atoms with Crippen LogP contribution in [0.3, 0.4) is 0 Å². The molecule has 0 bridgehead atoms. The maximum atomic E-state index is 13.1. The van der Waals surface area contributed by atoms with Crippen LogP contribution in [-0.2, 0) is 9.47 Å². The van der Waals surface area contributed by atoms with E-state index < -0.39 is 5.82 Å². The fourth-order valence-corrected chi connectivity index (χ4v) is 2.11. The van der Waals surface area contributed by atoms with Gasteiger partial charge in [-0.25, -0.2) is 4.39 Å². The number of hydrogen-bond donors (Lipinski definition) is 1. The van der Waals surface area contributed by atoms with Crippen molar-refractivity contribution in [1.29, 1.82) is 0 Å². The maximum Gasteiger partial charge on any atom is 0.255 e. The minimum absolute atomic E-state index is 0.279. The zero-order valence-corrected chi connectivity index (χ0v) is 11.2. The first-order valence-corrected chi connectivity index (χ1v) is 6.62. The standard InChI is InChI=1S/C16H14FNO3/c17-13-3-1-2-12(10-13)15(19)18-14-6-4-11(5-7-14)16-20-8-9-21-16/h1-7,10,16H,8-9H2,(H,18,19). The van der Waals surface area contributed by atoms with E-state index in [0.29, 0.717) is 18.9 Å². The lowest BCUT2D eigenvalue weighted by Crippen LogP contribution is -2.12. The van der Waals surface area contributed by atoms with Gasteiger partial charge in [-0.2, -0.15) is 0 Å². The number of halogens is 1. The molecule has 1 fully saturated rings. The van der Waals surface area contributed by atoms with E-state index in [4.69, 9.17) is 9.47 Å². The van der Waals surface area contributed by atoms with Crippen LogP contribution in [0.4, 0.5) is 10.1 Å². The normalized spacial score (nSPS) is 15.1. The number of nitrogens with one attached hydrogen (secondary N) is 1. The van der Waals surface area contributed by atoms with E-state index in [1.807, 2.05) is 12.1 Å². The van der Waals surface area contributed by atoms with Crippen molar-refractivity contribution >= 4 is 11.6 Å². The summed E-state index contributed by atoms with van der Waals surface area (Å²) in [4.78, 5) is 12.0. The molecule has 2 aromatic carbocycles. The van der Waals surface area contributed by atoms with Crippen LogP contribution in [0.25, 0.3) is 0 Å². The number of amides is 1. The van der Waals surface area contributed by atoms with Gasteiger partial charge in [0.25, 0.3) is 5.91 Å². The van der Waals surface area contributed by atoms with Gasteiger partial charge in [-0.05, 0) is 30.3 Å². The van der Waals surface area contributed by atoms with E-state index in [0.717, 1.165) is 5.56 Å². The molecule has 0 aliphatic carbocycles. The second-order valence-corrected chi connectivity index (χ2v) is 4.66. The van der Waals surface area contributed by atoms with E-state index in [-0.39, 0.29) is 17.8 Å². The summed E-state index contributed by atoms with van der Waals surface area (Å²) in [6, 6.07) is 12.7. The number of carbonyl (C=O) groups is 1. The van der Waals surface area contributed by atoms with Gasteiger partial charge in [0.15, 0.2) is 6.29 Å². The molecule has 3 rings (SSSR count). The molecule has 4 nitrogen and oxygen atoms in total. The summed E-state index contributed by atoms with van der Waals surface area (Å²) >= 11 is 0. The fraction of sp³-hybridized carbons (Fsp3) is 0.188. The molecular formula is C16H14FNO3. The Kier molecular flexibility index (Phi) is 3.94. The molecule has 1 aliphatic heterocycles. The van der Waals surface area contributed by atoms with Crippen LogP contribution >= 0.6 is 0 Å². The monoisotopic (exact) mass is 287 g/mol. The summed E-state index contributed by atoms with van der Waals surface area (Å²) in [5.74, 6) is -0.788. The summed E-state index contributed by atoms with van der Waals surface area (Å²) in [7, 11) is 0. The van der Waals surface area contributed by atoms with Crippen LogP contribution in [-0.4, -0.2) is 19.1 Å². The first-order chi connectivity index (χ1) is 10.2. The van der Waals surface area contributed by atoms with Crippen molar-refractivity contribution in [3.05, 3.63) is 65.5 Å². The van der Waals surface area contributed by atoms with Crippen molar-refractivity contribution < 1.29 is 18.7 Å². The van der Waals surface area contributed by atoms with Gasteiger partial charge < -0.3 is 14.8 Å². The predicted molar refractivity (Wildman–Crippen MR) is 75.4 cm³/mol. The number of ether oxygens (including phenoxy) is 2. The topological polar surface area (TPSA) is 47.6 Å². The number of hydrogen-bond acceptors (Lipinski definition) is 3. The smallest absolute Gasteiger partial charge is 0.255 e. The molecule has 1 saturated heterocycles. The molecule has 1 N–H and O–H groups in total. The lowest BCUT2D eigenvalue weighted by Gasteiger charge is -2.10. The lowest BCUT2D eigenvalue weighted by atomic mass is 10.1. The van der Waals surface area contributed by atoms with E-state index in [1.54, 1.807) is 18.2 Å². The Morgan fingerprint density at radius 2 is 1.81 bits per heavy atom. The Balaban J connectivity index is 1.68. The molecule has 0 saturated carbocycles. The quantitative estimate of drug-likeness (QED) is 0.943. The summed E-state index contributed by atoms with van der Waals surface area (Å²) in [5.41, 5.74) is 1.81. The van der Waals surface area contributed by atoms with Gasteiger partial charge in [0.1, 0.15) is 5.82 Å². The van der Waals surface area contributed by atoms with Crippen molar-refractivity contribution in [2.24, 2.45) is 0 Å². The summed E-state index contributed by atoms with van der Waals surface area (Å²) < 4.78 is 23.9. The van der Waals surface area contributed by atoms with E-state index >= 15 is 0 Å². The van der Waals surface area contributed by atoms with Crippen molar-refractivity contribution in [2.45, 2.75) is 6.29 Å². The van der Waals surface area contributed by atoms with Gasteiger partial charge >= 0.3 is 0 Å². The van der Waals surface area contributed by atoms with Gasteiger partial charge in [0.05, 0.1) is 13.2 Å². The van der Waals surface area contributed by atoms with Gasteiger partial charge in [-0.15, -0.1) is 0 Å². The third-order valence-electron chi connectivity index (χ3n) is 3.15. The second-order valence-electron chi connectivity index (χ2n) is 4.66. The second kappa shape index (κ2) is 6.03. The number of rotatable bonds is 3. The zero-order valence-electron chi connectivity index (χ0n) is 11.2. The largest absolute Gasteiger partial charge is 0.346 e. The average molecular weight is 287 g/mol. The van der Waals surface area contributed by atoms with Crippen molar-refractivity contribution in [3.63, 3.8) is 0 Å². The van der Waals surface area contributed by atoms with Gasteiger partial charge in [-0.1, -0.05) is 18.2 Å². The first kappa shape index (κ1) is 13.7. The Bertz CT molecular complexity index is 636. The van der Waals surface area contributed by atoms with Crippen LogP contribution in [0.15, 0.2) is 48.5 Å². The molecule has 0 aromatic heterocycles. The molecule has 1 aliphatic rings. The van der Waals surface area contributed by atoms with Crippen LogP contribution in [0, 0.1) is 5.82 Å². The van der Waals surface area contributed by atoms with Crippen LogP contribution in [0.2, 0.25) is 0 Å². The highest BCUT2D eigenvalue weighted by Crippen LogP contribution is 2.24. The third kappa shape index (κ3) is 3.26. The minimum Gasteiger partial charge on any atom is -0.346 e. The van der Waals surface area contributed by atoms with Gasteiger partial charge in [0.2, 0.25) is 0 Å². The Morgan fingerprint density at radius 3 is 2.48 bits per heavy atom. The number of anilines is 1. The lowest BCUT2D eigenvalue weighted by molar-refractivity contribution is -0.0441. The number of carbonyl (C=O) groups excluding carboxylic acids is 1. The maximum absolute atomic E-state index is 13.1. The third-order valence-corrected chi connectivity index (χ3v) is 3.15. The summed E-state index contributed by atoms with van der Waals surface area (Å²) in [5, 5.41) is 2.72. The van der Waals surface area contributed by atoms with E-state index in [1.165, 1.54) is 18.2 Å². The molecule has 0 spiro atoms. The highest BCUT2D eigenvalue weighted by molar-refractivity contribution is 6.04. The van der Waals surface area contributed by atoms with Crippen molar-refractivity contribution in [3.8, 4) is 0 Å². The highest BCUT2D eigenvalue weighted by Gasteiger charge is 2.17. The van der Waals surface area contributed by atoms with Crippen LogP contribution in [0.5, 0.6) is 0 Å². The highest BCUT2D eigenvalue weighted by atomic mass is 19.1. The van der Waals surface area contributed by atoms with E-state index in [2.05, 4.69) is 5.32 Å². The summed E-state index contributed by atoms with van der Waals surface area (Å²) in [6.45, 7) is 1.17. The van der Waals surface area contributed by atoms with Gasteiger partial charge in [0, 0.05) is 16.8 Å². The Morgan fingerprint density at radius 1 is 1.10 bits per heavy atom. The Labute approximate surface area is 121 Å². The summed E-state index contributed by atoms with van der Waals surface area (Å²) in [6.07, 6.45) is -0.335. The van der Waals surface area contributed by atoms with Gasteiger partial charge in [-0.3, -0.25) is 4.79 Å². The molecule has 108 valence electrons. The molecule has 0 radical (unpaired) electrons. The molecule has 0 atom stereocenters. The number of benzene rings is 2. The molecule has 5 heteroatoms. The molecule has 2 aromatic rings. The first-order valence-electron chi connectivity index (χ1n) is 6.62. The average Bonchev–Trinajstić information content (AvgIpc) is 3.02. The molecule has 21 heavy (non-hydrogen) atoms. The minimum atomic E-state index is -0.437. The fourth-order valence-electron chi connectivity index (χ4n) is 2.11. The SMILES string of the molecule is O=C(Nc1ccc(C2OCCO2)cc1)c1cccc(F)c1. The Hall–Kier alpha value is -2.24. The molecule has 1 heterocycles. The van der Waals surface area contributed by atoms with Crippen molar-refractivity contribution in [2.75, 3.05) is 18.5 Å². The zero-order chi connectivity index (χ0) is 14.7. The molecular weight excluding hydrogens is 273 g/mol. The van der Waals surface area contributed by atoms with E-state index in [9.17, 15) is 9.18 Å². The van der Waals surface area contributed by atoms with Crippen molar-refractivity contribution in [1.82, 2.24) is 0 Å². The molecule has 0 unspecified atom stereocenters. The molecule has 1 amide bonds. The van der Waals surface area contributed by atoms with Crippen LogP contribution < -0.4 is 5.32 Å². The predicted octanol–water partition coefficient (Wildman–Crippen LogP) is 3.12.